The molecule has 116 valence electrons. The summed E-state index contributed by atoms with van der Waals surface area (Å²) in [5.74, 6) is 1.51. The van der Waals surface area contributed by atoms with E-state index in [4.69, 9.17) is 0 Å². The van der Waals surface area contributed by atoms with Gasteiger partial charge in [0.1, 0.15) is 0 Å². The predicted molar refractivity (Wildman–Crippen MR) is 84.7 cm³/mol. The van der Waals surface area contributed by atoms with Crippen molar-refractivity contribution >= 4 is 5.69 Å². The Morgan fingerprint density at radius 1 is 1.33 bits per heavy atom. The largest absolute Gasteiger partial charge is 0.370 e. The highest BCUT2D eigenvalue weighted by molar-refractivity contribution is 5.43. The zero-order valence-electron chi connectivity index (χ0n) is 13.1. The van der Waals surface area contributed by atoms with Crippen LogP contribution in [0, 0.1) is 11.8 Å². The molecule has 1 aliphatic carbocycles. The molecule has 3 rings (SSSR count). The Bertz CT molecular complexity index is 529. The first kappa shape index (κ1) is 14.6. The molecule has 1 aliphatic heterocycles. The third-order valence-corrected chi connectivity index (χ3v) is 4.94. The standard InChI is InChI=1S/C16H26N4O/c1-12-5-7-19(8-6-12)14-9-16(21)20(18-10-14)11-15(17-2)13-3-4-13/h9-10,12-13,15,17H,3-8,11H2,1-2H3. The van der Waals surface area contributed by atoms with Gasteiger partial charge in [0.2, 0.25) is 0 Å². The molecular weight excluding hydrogens is 264 g/mol. The maximum Gasteiger partial charge on any atom is 0.268 e. The van der Waals surface area contributed by atoms with Crippen molar-refractivity contribution in [2.24, 2.45) is 11.8 Å². The van der Waals surface area contributed by atoms with Crippen LogP contribution in [0.1, 0.15) is 32.6 Å². The number of aromatic nitrogens is 2. The molecule has 0 amide bonds. The van der Waals surface area contributed by atoms with Gasteiger partial charge in [0.25, 0.3) is 5.56 Å². The van der Waals surface area contributed by atoms with Crippen LogP contribution >= 0.6 is 0 Å². The highest BCUT2D eigenvalue weighted by atomic mass is 16.1. The minimum Gasteiger partial charge on any atom is -0.370 e. The second-order valence-corrected chi connectivity index (χ2v) is 6.64. The normalized spacial score (nSPS) is 21.5. The molecule has 0 aromatic carbocycles. The lowest BCUT2D eigenvalue weighted by atomic mass is 9.99. The van der Waals surface area contributed by atoms with E-state index in [1.807, 2.05) is 13.2 Å². The Morgan fingerprint density at radius 3 is 2.62 bits per heavy atom. The first-order valence-electron chi connectivity index (χ1n) is 8.16. The zero-order valence-corrected chi connectivity index (χ0v) is 13.1. The van der Waals surface area contributed by atoms with Gasteiger partial charge in [-0.3, -0.25) is 4.79 Å². The van der Waals surface area contributed by atoms with Gasteiger partial charge in [0.15, 0.2) is 0 Å². The number of anilines is 1. The van der Waals surface area contributed by atoms with Crippen LogP contribution in [0.5, 0.6) is 0 Å². The predicted octanol–water partition coefficient (Wildman–Crippen LogP) is 1.48. The van der Waals surface area contributed by atoms with Crippen LogP contribution in [0.15, 0.2) is 17.1 Å². The number of hydrogen-bond donors (Lipinski definition) is 1. The molecule has 5 nitrogen and oxygen atoms in total. The maximum atomic E-state index is 12.3. The summed E-state index contributed by atoms with van der Waals surface area (Å²) in [5, 5.41) is 7.71. The molecule has 21 heavy (non-hydrogen) atoms. The lowest BCUT2D eigenvalue weighted by Gasteiger charge is -2.31. The Kier molecular flexibility index (Phi) is 4.29. The molecule has 1 unspecified atom stereocenters. The van der Waals surface area contributed by atoms with Gasteiger partial charge < -0.3 is 10.2 Å². The van der Waals surface area contributed by atoms with Gasteiger partial charge in [-0.15, -0.1) is 0 Å². The van der Waals surface area contributed by atoms with Crippen LogP contribution in [0.2, 0.25) is 0 Å². The number of piperidine rings is 1. The van der Waals surface area contributed by atoms with Crippen LogP contribution in [0.4, 0.5) is 5.69 Å². The van der Waals surface area contributed by atoms with Gasteiger partial charge in [-0.25, -0.2) is 4.68 Å². The summed E-state index contributed by atoms with van der Waals surface area (Å²) >= 11 is 0. The fourth-order valence-corrected chi connectivity index (χ4v) is 3.16. The summed E-state index contributed by atoms with van der Waals surface area (Å²) < 4.78 is 1.61. The molecule has 1 atom stereocenters. The van der Waals surface area contributed by atoms with E-state index in [-0.39, 0.29) is 5.56 Å². The third kappa shape index (κ3) is 3.46. The SMILES string of the molecule is CNC(Cn1ncc(N2CCC(C)CC2)cc1=O)C1CC1. The molecule has 2 heterocycles. The summed E-state index contributed by atoms with van der Waals surface area (Å²) in [6.45, 7) is 5.04. The fraction of sp³-hybridized carbons (Fsp3) is 0.750. The summed E-state index contributed by atoms with van der Waals surface area (Å²) in [6.07, 6.45) is 6.80. The average molecular weight is 290 g/mol. The smallest absolute Gasteiger partial charge is 0.268 e. The number of nitrogens with one attached hydrogen (secondary N) is 1. The highest BCUT2D eigenvalue weighted by Gasteiger charge is 2.30. The second-order valence-electron chi connectivity index (χ2n) is 6.64. The quantitative estimate of drug-likeness (QED) is 0.892. The van der Waals surface area contributed by atoms with Crippen molar-refractivity contribution in [1.29, 1.82) is 0 Å². The van der Waals surface area contributed by atoms with E-state index >= 15 is 0 Å². The first-order valence-corrected chi connectivity index (χ1v) is 8.16. The fourth-order valence-electron chi connectivity index (χ4n) is 3.16. The number of hydrogen-bond acceptors (Lipinski definition) is 4. The van der Waals surface area contributed by atoms with Gasteiger partial charge in [-0.1, -0.05) is 6.92 Å². The van der Waals surface area contributed by atoms with E-state index in [1.54, 1.807) is 10.7 Å². The van der Waals surface area contributed by atoms with Crippen molar-refractivity contribution in [1.82, 2.24) is 15.1 Å². The molecule has 0 spiro atoms. The minimum atomic E-state index is 0.0204. The summed E-state index contributed by atoms with van der Waals surface area (Å²) in [5.41, 5.74) is 1.00. The van der Waals surface area contributed by atoms with Crippen molar-refractivity contribution in [3.05, 3.63) is 22.6 Å². The number of rotatable bonds is 5. The van der Waals surface area contributed by atoms with E-state index in [0.717, 1.165) is 24.7 Å². The van der Waals surface area contributed by atoms with E-state index in [2.05, 4.69) is 22.2 Å². The van der Waals surface area contributed by atoms with Gasteiger partial charge in [0, 0.05) is 25.2 Å². The zero-order chi connectivity index (χ0) is 14.8. The molecule has 2 fully saturated rings. The van der Waals surface area contributed by atoms with E-state index in [1.165, 1.54) is 25.7 Å². The van der Waals surface area contributed by atoms with Gasteiger partial charge in [-0.05, 0) is 44.6 Å². The number of likely N-dealkylation sites (N-methyl/N-ethyl adjacent to an activating group) is 1. The lowest BCUT2D eigenvalue weighted by molar-refractivity contribution is 0.401. The molecule has 1 aromatic rings. The van der Waals surface area contributed by atoms with Gasteiger partial charge >= 0.3 is 0 Å². The monoisotopic (exact) mass is 290 g/mol. The Balaban J connectivity index is 1.69. The third-order valence-electron chi connectivity index (χ3n) is 4.94. The molecular formula is C16H26N4O. The van der Waals surface area contributed by atoms with Gasteiger partial charge in [-0.2, -0.15) is 5.10 Å². The molecule has 1 saturated heterocycles. The molecule has 1 aromatic heterocycles. The molecule has 0 bridgehead atoms. The molecule has 1 saturated carbocycles. The molecule has 0 radical (unpaired) electrons. The van der Waals surface area contributed by atoms with Crippen LogP contribution in [0.25, 0.3) is 0 Å². The lowest BCUT2D eigenvalue weighted by Crippen LogP contribution is -2.38. The maximum absolute atomic E-state index is 12.3. The molecule has 1 N–H and O–H groups in total. The Labute approximate surface area is 126 Å². The van der Waals surface area contributed by atoms with Crippen molar-refractivity contribution < 1.29 is 0 Å². The van der Waals surface area contributed by atoms with Crippen LogP contribution < -0.4 is 15.8 Å². The Hall–Kier alpha value is -1.36. The van der Waals surface area contributed by atoms with E-state index in [0.29, 0.717) is 18.5 Å². The van der Waals surface area contributed by atoms with Gasteiger partial charge in [0.05, 0.1) is 18.4 Å². The van der Waals surface area contributed by atoms with Crippen molar-refractivity contribution in [2.75, 3.05) is 25.0 Å². The summed E-state index contributed by atoms with van der Waals surface area (Å²) in [6, 6.07) is 2.12. The Morgan fingerprint density at radius 2 is 2.05 bits per heavy atom. The molecule has 2 aliphatic rings. The van der Waals surface area contributed by atoms with Crippen molar-refractivity contribution in [3.63, 3.8) is 0 Å². The van der Waals surface area contributed by atoms with Crippen LogP contribution in [-0.2, 0) is 6.54 Å². The number of nitrogens with zero attached hydrogens (tertiary/aromatic N) is 3. The van der Waals surface area contributed by atoms with Crippen LogP contribution in [-0.4, -0.2) is 36.0 Å². The minimum absolute atomic E-state index is 0.0204. The van der Waals surface area contributed by atoms with Crippen molar-refractivity contribution in [3.8, 4) is 0 Å². The topological polar surface area (TPSA) is 50.2 Å². The van der Waals surface area contributed by atoms with E-state index < -0.39 is 0 Å². The van der Waals surface area contributed by atoms with Crippen molar-refractivity contribution in [2.45, 2.75) is 45.2 Å². The summed E-state index contributed by atoms with van der Waals surface area (Å²) in [4.78, 5) is 14.6. The summed E-state index contributed by atoms with van der Waals surface area (Å²) in [7, 11) is 1.97. The molecule has 5 heteroatoms. The first-order chi connectivity index (χ1) is 10.2. The second kappa shape index (κ2) is 6.18. The van der Waals surface area contributed by atoms with E-state index in [9.17, 15) is 4.79 Å². The average Bonchev–Trinajstić information content (AvgIpc) is 3.31. The highest BCUT2D eigenvalue weighted by Crippen LogP contribution is 2.32. The van der Waals surface area contributed by atoms with Crippen LogP contribution in [0.3, 0.4) is 0 Å².